The Morgan fingerprint density at radius 2 is 1.09 bits per heavy atom. The molecule has 0 spiro atoms. The fourth-order valence-corrected chi connectivity index (χ4v) is 2.69. The number of imidazole rings is 2. The molecular weight excluding hydrogens is 628 g/mol. The van der Waals surface area contributed by atoms with Crippen LogP contribution in [0.25, 0.3) is 23.0 Å². The average Bonchev–Trinajstić information content (AvgIpc) is 3.49. The summed E-state index contributed by atoms with van der Waals surface area (Å²) in [6.45, 7) is 0. The number of nitrogens with zero attached hydrogens (tertiary/aromatic N) is 7. The van der Waals surface area contributed by atoms with Crippen LogP contribution < -0.4 is 17.1 Å². The molecule has 0 N–H and O–H groups in total. The van der Waals surface area contributed by atoms with Gasteiger partial charge < -0.3 is 26.3 Å². The third kappa shape index (κ3) is 8.51. The van der Waals surface area contributed by atoms with Gasteiger partial charge in [-0.1, -0.05) is 12.1 Å². The molecule has 5 rings (SSSR count). The summed E-state index contributed by atoms with van der Waals surface area (Å²) in [5.74, 6) is 2.64. The molecule has 0 radical (unpaired) electrons. The summed E-state index contributed by atoms with van der Waals surface area (Å²) in [5.41, 5.74) is 1.81. The van der Waals surface area contributed by atoms with Crippen molar-refractivity contribution in [2.45, 2.75) is 0 Å². The second-order valence-electron chi connectivity index (χ2n) is 6.54. The standard InChI is InChI=1S/2C9H9N3.C6H7NO.ClH.Os/c2*1-12-7-6-11-9(12)8-4-2-3-5-10-8;1-8-6-2-4-7-5-3-6;;/h2*2-7H,1H3;2-5H,1H3;1H;/q;;;;+4/p-1. The van der Waals surface area contributed by atoms with Gasteiger partial charge >= 0.3 is 19.8 Å². The van der Waals surface area contributed by atoms with Gasteiger partial charge in [0.25, 0.3) is 0 Å². The van der Waals surface area contributed by atoms with Gasteiger partial charge in [0, 0.05) is 63.7 Å². The smallest absolute Gasteiger partial charge is 1.00 e. The number of hydrogen-bond donors (Lipinski definition) is 0. The quantitative estimate of drug-likeness (QED) is 0.290. The predicted molar refractivity (Wildman–Crippen MR) is 124 cm³/mol. The SMILES string of the molecule is COc1ccncc1.Cn1ccnc1-c1ccccn1.Cn1ccnc1-c1ccccn1.[Cl-].[Os+4]. The van der Waals surface area contributed by atoms with Crippen molar-refractivity contribution < 1.29 is 36.9 Å². The van der Waals surface area contributed by atoms with E-state index in [1.54, 1.807) is 56.4 Å². The Labute approximate surface area is 218 Å². The molecule has 0 bridgehead atoms. The van der Waals surface area contributed by atoms with Crippen molar-refractivity contribution in [3.8, 4) is 28.8 Å². The largest absolute Gasteiger partial charge is 4.00 e. The second-order valence-corrected chi connectivity index (χ2v) is 6.54. The summed E-state index contributed by atoms with van der Waals surface area (Å²) in [5, 5.41) is 0. The summed E-state index contributed by atoms with van der Waals surface area (Å²) in [6, 6.07) is 15.2. The second kappa shape index (κ2) is 15.4. The first-order valence-corrected chi connectivity index (χ1v) is 9.90. The van der Waals surface area contributed by atoms with E-state index in [1.807, 2.05) is 72.0 Å². The van der Waals surface area contributed by atoms with E-state index in [9.17, 15) is 0 Å². The Bertz CT molecular complexity index is 1110. The number of aryl methyl sites for hydroxylation is 2. The molecule has 0 fully saturated rings. The number of hydrogen-bond acceptors (Lipinski definition) is 6. The van der Waals surface area contributed by atoms with Gasteiger partial charge in [0.2, 0.25) is 0 Å². The van der Waals surface area contributed by atoms with E-state index in [1.165, 1.54) is 0 Å². The van der Waals surface area contributed by atoms with Crippen LogP contribution in [0.1, 0.15) is 0 Å². The van der Waals surface area contributed by atoms with Crippen LogP contribution in [0.5, 0.6) is 5.75 Å². The maximum atomic E-state index is 4.87. The van der Waals surface area contributed by atoms with Gasteiger partial charge in [-0.3, -0.25) is 15.0 Å². The van der Waals surface area contributed by atoms with Gasteiger partial charge in [-0.25, -0.2) is 9.97 Å². The molecule has 0 saturated heterocycles. The maximum Gasteiger partial charge on any atom is 4.00 e. The van der Waals surface area contributed by atoms with Crippen LogP contribution in [0.3, 0.4) is 0 Å². The number of rotatable bonds is 3. The maximum absolute atomic E-state index is 4.87. The van der Waals surface area contributed by atoms with Crippen LogP contribution in [0, 0.1) is 0 Å². The van der Waals surface area contributed by atoms with Crippen molar-refractivity contribution in [3.63, 3.8) is 0 Å². The molecule has 0 unspecified atom stereocenters. The van der Waals surface area contributed by atoms with Crippen LogP contribution in [-0.4, -0.2) is 41.2 Å². The molecule has 5 heterocycles. The first-order valence-electron chi connectivity index (χ1n) is 9.90. The molecule has 0 aliphatic heterocycles. The Kier molecular flexibility index (Phi) is 13.0. The van der Waals surface area contributed by atoms with E-state index in [-0.39, 0.29) is 32.2 Å². The predicted octanol–water partition coefficient (Wildman–Crippen LogP) is 1.06. The fourth-order valence-electron chi connectivity index (χ4n) is 2.69. The molecule has 34 heavy (non-hydrogen) atoms. The zero-order chi connectivity index (χ0) is 22.6. The summed E-state index contributed by atoms with van der Waals surface area (Å²) < 4.78 is 8.77. The molecule has 0 aromatic carbocycles. The van der Waals surface area contributed by atoms with E-state index in [2.05, 4.69) is 24.9 Å². The molecule has 0 atom stereocenters. The van der Waals surface area contributed by atoms with Gasteiger partial charge in [-0.05, 0) is 36.4 Å². The zero-order valence-electron chi connectivity index (χ0n) is 19.0. The minimum Gasteiger partial charge on any atom is -1.00 e. The Morgan fingerprint density at radius 1 is 0.618 bits per heavy atom. The minimum absolute atomic E-state index is 0. The van der Waals surface area contributed by atoms with E-state index < -0.39 is 0 Å². The number of pyridine rings is 3. The van der Waals surface area contributed by atoms with Crippen molar-refractivity contribution in [3.05, 3.63) is 98.1 Å². The topological polar surface area (TPSA) is 83.5 Å². The number of methoxy groups -OCH3 is 1. The Morgan fingerprint density at radius 3 is 1.38 bits per heavy atom. The van der Waals surface area contributed by atoms with Crippen LogP contribution in [0.4, 0.5) is 0 Å². The molecule has 10 heteroatoms. The Hall–Kier alpha value is -3.40. The monoisotopic (exact) mass is 654 g/mol. The van der Waals surface area contributed by atoms with Gasteiger partial charge in [0.15, 0.2) is 11.6 Å². The number of aromatic nitrogens is 7. The van der Waals surface area contributed by atoms with Gasteiger partial charge in [-0.2, -0.15) is 0 Å². The van der Waals surface area contributed by atoms with Crippen LogP contribution >= 0.6 is 0 Å². The summed E-state index contributed by atoms with van der Waals surface area (Å²) in [7, 11) is 5.54. The van der Waals surface area contributed by atoms with Crippen LogP contribution in [0.15, 0.2) is 98.1 Å². The molecule has 174 valence electrons. The summed E-state index contributed by atoms with van der Waals surface area (Å²) in [6.07, 6.45) is 14.3. The molecule has 0 saturated carbocycles. The summed E-state index contributed by atoms with van der Waals surface area (Å²) in [4.78, 5) is 20.6. The van der Waals surface area contributed by atoms with Crippen molar-refractivity contribution in [1.82, 2.24) is 34.1 Å². The van der Waals surface area contributed by atoms with Crippen molar-refractivity contribution in [2.24, 2.45) is 14.1 Å². The molecular formula is C24H25ClN7OOs+3. The molecule has 0 aliphatic carbocycles. The van der Waals surface area contributed by atoms with Crippen LogP contribution in [-0.2, 0) is 33.9 Å². The average molecular weight is 653 g/mol. The molecule has 0 amide bonds. The summed E-state index contributed by atoms with van der Waals surface area (Å²) >= 11 is 0. The fraction of sp³-hybridized carbons (Fsp3) is 0.125. The molecule has 5 aromatic heterocycles. The number of halogens is 1. The minimum atomic E-state index is 0. The van der Waals surface area contributed by atoms with Crippen molar-refractivity contribution >= 4 is 0 Å². The number of ether oxygens (including phenoxy) is 1. The van der Waals surface area contributed by atoms with E-state index in [0.717, 1.165) is 28.8 Å². The normalized spacial score (nSPS) is 9.15. The first kappa shape index (κ1) is 28.6. The molecule has 0 aliphatic rings. The van der Waals surface area contributed by atoms with Gasteiger partial charge in [0.05, 0.1) is 7.11 Å². The first-order chi connectivity index (χ1) is 15.7. The third-order valence-corrected chi connectivity index (χ3v) is 4.32. The van der Waals surface area contributed by atoms with Crippen LogP contribution in [0.2, 0.25) is 0 Å². The van der Waals surface area contributed by atoms with Crippen molar-refractivity contribution in [2.75, 3.05) is 7.11 Å². The zero-order valence-corrected chi connectivity index (χ0v) is 22.3. The Balaban J connectivity index is 0.000000253. The van der Waals surface area contributed by atoms with E-state index in [4.69, 9.17) is 4.74 Å². The molecule has 5 aromatic rings. The van der Waals surface area contributed by atoms with Gasteiger partial charge in [-0.15, -0.1) is 0 Å². The molecule has 8 nitrogen and oxygen atoms in total. The van der Waals surface area contributed by atoms with E-state index >= 15 is 0 Å². The van der Waals surface area contributed by atoms with Gasteiger partial charge in [0.1, 0.15) is 17.1 Å². The van der Waals surface area contributed by atoms with Crippen molar-refractivity contribution in [1.29, 1.82) is 0 Å². The third-order valence-electron chi connectivity index (χ3n) is 4.32. The van der Waals surface area contributed by atoms with E-state index in [0.29, 0.717) is 0 Å².